The predicted octanol–water partition coefficient (Wildman–Crippen LogP) is 11.5. The van der Waals surface area contributed by atoms with E-state index >= 15 is 0 Å². The van der Waals surface area contributed by atoms with Gasteiger partial charge in [-0.15, -0.1) is 0 Å². The molecule has 1 aliphatic heterocycles. The highest BCUT2D eigenvalue weighted by Gasteiger charge is 2.20. The molecule has 0 aliphatic carbocycles. The van der Waals surface area contributed by atoms with Crippen molar-refractivity contribution in [2.75, 3.05) is 6.54 Å². The summed E-state index contributed by atoms with van der Waals surface area (Å²) in [7, 11) is 0. The maximum absolute atomic E-state index is 4.58. The van der Waals surface area contributed by atoms with E-state index < -0.39 is 0 Å². The summed E-state index contributed by atoms with van der Waals surface area (Å²) in [5, 5.41) is 13.4. The van der Waals surface area contributed by atoms with Crippen molar-refractivity contribution in [1.82, 2.24) is 10.3 Å². The van der Waals surface area contributed by atoms with E-state index in [1.54, 1.807) is 0 Å². The maximum atomic E-state index is 4.58. The van der Waals surface area contributed by atoms with Crippen molar-refractivity contribution in [2.24, 2.45) is 0 Å². The Morgan fingerprint density at radius 1 is 0.532 bits per heavy atom. The van der Waals surface area contributed by atoms with Crippen molar-refractivity contribution in [1.29, 1.82) is 0 Å². The Bertz CT molecular complexity index is 2530. The molecule has 9 rings (SSSR count). The van der Waals surface area contributed by atoms with Crippen LogP contribution >= 0.6 is 0 Å². The van der Waals surface area contributed by atoms with Crippen molar-refractivity contribution < 1.29 is 0 Å². The number of fused-ring (bicyclic) bond motifs is 4. The highest BCUT2D eigenvalue weighted by Crippen LogP contribution is 2.47. The fourth-order valence-electron chi connectivity index (χ4n) is 7.54. The molecule has 0 spiro atoms. The SMILES string of the molecule is Cc1ccc2cc(-c3c4ccccc4c(-c4ccc(-c5cnccc5C5=CC=CNC5)c5ccccc45)c4ccccc34)ccc2c1. The Morgan fingerprint density at radius 3 is 1.85 bits per heavy atom. The molecule has 0 amide bonds. The van der Waals surface area contributed by atoms with Gasteiger partial charge in [0.05, 0.1) is 0 Å². The molecule has 2 nitrogen and oxygen atoms in total. The van der Waals surface area contributed by atoms with Gasteiger partial charge in [0.1, 0.15) is 0 Å². The van der Waals surface area contributed by atoms with Crippen LogP contribution in [0.15, 0.2) is 158 Å². The molecule has 0 fully saturated rings. The molecular formula is C45H32N2. The number of benzene rings is 7. The van der Waals surface area contributed by atoms with Crippen LogP contribution < -0.4 is 5.32 Å². The van der Waals surface area contributed by atoms with Crippen LogP contribution in [-0.2, 0) is 0 Å². The molecule has 8 aromatic rings. The molecule has 1 aliphatic rings. The molecular weight excluding hydrogens is 569 g/mol. The van der Waals surface area contributed by atoms with Gasteiger partial charge in [-0.2, -0.15) is 0 Å². The number of aryl methyl sites for hydroxylation is 1. The lowest BCUT2D eigenvalue weighted by Crippen LogP contribution is -2.12. The molecule has 0 radical (unpaired) electrons. The summed E-state index contributed by atoms with van der Waals surface area (Å²) in [6, 6.07) is 47.1. The second-order valence-electron chi connectivity index (χ2n) is 12.5. The lowest BCUT2D eigenvalue weighted by atomic mass is 9.83. The van der Waals surface area contributed by atoms with Crippen molar-refractivity contribution in [2.45, 2.75) is 6.92 Å². The van der Waals surface area contributed by atoms with Crippen molar-refractivity contribution in [3.63, 3.8) is 0 Å². The number of allylic oxidation sites excluding steroid dienone is 2. The number of nitrogens with one attached hydrogen (secondary N) is 1. The van der Waals surface area contributed by atoms with Gasteiger partial charge in [0.15, 0.2) is 0 Å². The summed E-state index contributed by atoms with van der Waals surface area (Å²) < 4.78 is 0. The first kappa shape index (κ1) is 27.3. The average Bonchev–Trinajstić information content (AvgIpc) is 3.14. The molecule has 2 heterocycles. The topological polar surface area (TPSA) is 24.9 Å². The molecule has 2 heteroatoms. The van der Waals surface area contributed by atoms with Gasteiger partial charge in [-0.25, -0.2) is 0 Å². The molecule has 1 aromatic heterocycles. The number of aromatic nitrogens is 1. The number of hydrogen-bond donors (Lipinski definition) is 1. The summed E-state index contributed by atoms with van der Waals surface area (Å²) in [6.45, 7) is 2.95. The number of hydrogen-bond acceptors (Lipinski definition) is 2. The third-order valence-corrected chi connectivity index (χ3v) is 9.67. The number of dihydropyridines is 1. The van der Waals surface area contributed by atoms with E-state index in [4.69, 9.17) is 0 Å². The van der Waals surface area contributed by atoms with E-state index in [0.29, 0.717) is 0 Å². The summed E-state index contributed by atoms with van der Waals surface area (Å²) in [5.41, 5.74) is 11.1. The van der Waals surface area contributed by atoms with Crippen LogP contribution in [0.5, 0.6) is 0 Å². The lowest BCUT2D eigenvalue weighted by Gasteiger charge is -2.20. The Kier molecular flexibility index (Phi) is 6.46. The van der Waals surface area contributed by atoms with Crippen molar-refractivity contribution in [3.05, 3.63) is 169 Å². The quantitative estimate of drug-likeness (QED) is 0.203. The minimum absolute atomic E-state index is 0.796. The molecule has 222 valence electrons. The third kappa shape index (κ3) is 4.53. The van der Waals surface area contributed by atoms with Crippen LogP contribution in [0.25, 0.3) is 82.0 Å². The molecule has 0 saturated carbocycles. The summed E-state index contributed by atoms with van der Waals surface area (Å²) in [4.78, 5) is 4.58. The van der Waals surface area contributed by atoms with Gasteiger partial charge in [0.2, 0.25) is 0 Å². The van der Waals surface area contributed by atoms with E-state index in [9.17, 15) is 0 Å². The number of nitrogens with zero attached hydrogens (tertiary/aromatic N) is 1. The maximum Gasteiger partial charge on any atom is 0.0401 e. The van der Waals surface area contributed by atoms with Crippen molar-refractivity contribution >= 4 is 48.7 Å². The summed E-state index contributed by atoms with van der Waals surface area (Å²) >= 11 is 0. The number of pyridine rings is 1. The van der Waals surface area contributed by atoms with E-state index in [2.05, 4.69) is 157 Å². The van der Waals surface area contributed by atoms with Gasteiger partial charge in [-0.05, 0) is 113 Å². The first-order valence-electron chi connectivity index (χ1n) is 16.2. The van der Waals surface area contributed by atoms with Gasteiger partial charge in [0, 0.05) is 24.5 Å². The monoisotopic (exact) mass is 600 g/mol. The Labute approximate surface area is 274 Å². The zero-order valence-corrected chi connectivity index (χ0v) is 26.2. The number of rotatable bonds is 4. The van der Waals surface area contributed by atoms with E-state index in [1.807, 2.05) is 18.6 Å². The first-order chi connectivity index (χ1) is 23.2. The van der Waals surface area contributed by atoms with Gasteiger partial charge in [-0.3, -0.25) is 4.98 Å². The Morgan fingerprint density at radius 2 is 1.15 bits per heavy atom. The second kappa shape index (κ2) is 11.1. The predicted molar refractivity (Wildman–Crippen MR) is 200 cm³/mol. The van der Waals surface area contributed by atoms with E-state index in [0.717, 1.165) is 12.1 Å². The van der Waals surface area contributed by atoms with E-state index in [-0.39, 0.29) is 0 Å². The van der Waals surface area contributed by atoms with Crippen LogP contribution in [0.1, 0.15) is 11.1 Å². The molecule has 1 N–H and O–H groups in total. The van der Waals surface area contributed by atoms with Gasteiger partial charge >= 0.3 is 0 Å². The molecule has 0 unspecified atom stereocenters. The Balaban J connectivity index is 1.32. The molecule has 0 bridgehead atoms. The van der Waals surface area contributed by atoms with E-state index in [1.165, 1.54) is 87.6 Å². The summed E-state index contributed by atoms with van der Waals surface area (Å²) in [5.74, 6) is 0. The van der Waals surface area contributed by atoms with Crippen LogP contribution in [-0.4, -0.2) is 11.5 Å². The zero-order chi connectivity index (χ0) is 31.3. The van der Waals surface area contributed by atoms with Gasteiger partial charge < -0.3 is 5.32 Å². The Hall–Kier alpha value is -5.99. The lowest BCUT2D eigenvalue weighted by molar-refractivity contribution is 0.986. The first-order valence-corrected chi connectivity index (χ1v) is 16.2. The van der Waals surface area contributed by atoms with Gasteiger partial charge in [0.25, 0.3) is 0 Å². The van der Waals surface area contributed by atoms with Gasteiger partial charge in [-0.1, -0.05) is 127 Å². The van der Waals surface area contributed by atoms with Crippen LogP contribution in [0.3, 0.4) is 0 Å². The van der Waals surface area contributed by atoms with Crippen LogP contribution in [0.2, 0.25) is 0 Å². The second-order valence-corrected chi connectivity index (χ2v) is 12.5. The fraction of sp³-hybridized carbons (Fsp3) is 0.0444. The standard InChI is InChI=1S/C45H32N2/c1-29-16-17-31-26-32(19-18-30(31)25-29)44-38-12-4-6-14-40(38)45(41-15-7-5-13-39(41)44)42-21-20-37(35-10-2-3-11-36(35)42)43-28-47-24-22-34(43)33-9-8-23-46-27-33/h2-26,28,46H,27H2,1H3. The molecule has 0 atom stereocenters. The molecule has 47 heavy (non-hydrogen) atoms. The van der Waals surface area contributed by atoms with Crippen LogP contribution in [0.4, 0.5) is 0 Å². The average molecular weight is 601 g/mol. The fourth-order valence-corrected chi connectivity index (χ4v) is 7.54. The van der Waals surface area contributed by atoms with Crippen LogP contribution in [0, 0.1) is 6.92 Å². The highest BCUT2D eigenvalue weighted by atomic mass is 14.8. The van der Waals surface area contributed by atoms with Crippen molar-refractivity contribution in [3.8, 4) is 33.4 Å². The molecule has 7 aromatic carbocycles. The summed E-state index contributed by atoms with van der Waals surface area (Å²) in [6.07, 6.45) is 10.2. The smallest absolute Gasteiger partial charge is 0.0401 e. The largest absolute Gasteiger partial charge is 0.387 e. The third-order valence-electron chi connectivity index (χ3n) is 9.67. The zero-order valence-electron chi connectivity index (χ0n) is 26.2. The minimum Gasteiger partial charge on any atom is -0.387 e. The highest BCUT2D eigenvalue weighted by molar-refractivity contribution is 6.24. The normalized spacial score (nSPS) is 12.9. The molecule has 0 saturated heterocycles. The minimum atomic E-state index is 0.796.